The van der Waals surface area contributed by atoms with Crippen molar-refractivity contribution in [1.29, 1.82) is 0 Å². The lowest BCUT2D eigenvalue weighted by Gasteiger charge is -2.16. The molecule has 1 aromatic heterocycles. The van der Waals surface area contributed by atoms with Crippen LogP contribution in [-0.2, 0) is 0 Å². The number of thiophene rings is 1. The third kappa shape index (κ3) is 4.98. The fourth-order valence-corrected chi connectivity index (χ4v) is 8.81. The molecule has 9 aromatic rings. The molecule has 0 saturated carbocycles. The molecule has 0 aliphatic rings. The second-order valence-corrected chi connectivity index (χ2v) is 13.9. The van der Waals surface area contributed by atoms with Crippen molar-refractivity contribution in [3.05, 3.63) is 181 Å². The zero-order chi connectivity index (χ0) is 33.6. The van der Waals surface area contributed by atoms with Gasteiger partial charge in [-0.1, -0.05) is 164 Å². The van der Waals surface area contributed by atoms with E-state index < -0.39 is 0 Å². The van der Waals surface area contributed by atoms with Gasteiger partial charge in [-0.2, -0.15) is 0 Å². The van der Waals surface area contributed by atoms with Gasteiger partial charge in [0.1, 0.15) is 0 Å². The fourth-order valence-electron chi connectivity index (χ4n) is 7.72. The van der Waals surface area contributed by atoms with Crippen molar-refractivity contribution in [3.63, 3.8) is 0 Å². The lowest BCUT2D eigenvalue weighted by Crippen LogP contribution is -2.29. The van der Waals surface area contributed by atoms with Crippen LogP contribution in [0.1, 0.15) is 6.92 Å². The number of allylic oxidation sites excluding steroid dienone is 1. The highest BCUT2D eigenvalue weighted by Crippen LogP contribution is 2.38. The molecule has 9 rings (SSSR count). The van der Waals surface area contributed by atoms with E-state index in [1.54, 1.807) is 0 Å². The van der Waals surface area contributed by atoms with E-state index in [1.807, 2.05) is 17.4 Å². The minimum Gasteiger partial charge on any atom is -0.135 e. The van der Waals surface area contributed by atoms with E-state index in [0.717, 1.165) is 0 Å². The summed E-state index contributed by atoms with van der Waals surface area (Å²) in [5, 5.41) is 10.1. The van der Waals surface area contributed by atoms with Gasteiger partial charge in [-0.3, -0.25) is 0 Å². The van der Waals surface area contributed by atoms with E-state index >= 15 is 0 Å². The van der Waals surface area contributed by atoms with Crippen LogP contribution in [0.2, 0.25) is 0 Å². The first-order valence-electron chi connectivity index (χ1n) is 17.2. The number of hydrogen-bond acceptors (Lipinski definition) is 1. The average Bonchev–Trinajstić information content (AvgIpc) is 3.55. The van der Waals surface area contributed by atoms with E-state index in [0.29, 0.717) is 0 Å². The van der Waals surface area contributed by atoms with Crippen LogP contribution in [0.5, 0.6) is 0 Å². The summed E-state index contributed by atoms with van der Waals surface area (Å²) < 4.78 is 2.66. The Morgan fingerprint density at radius 3 is 1.68 bits per heavy atom. The first-order chi connectivity index (χ1) is 24.7. The molecule has 0 N–H and O–H groups in total. The topological polar surface area (TPSA) is 0 Å². The van der Waals surface area contributed by atoms with Crippen LogP contribution in [0, 0.1) is 0 Å². The molecule has 0 radical (unpaired) electrons. The molecule has 0 nitrogen and oxygen atoms in total. The Morgan fingerprint density at radius 2 is 0.980 bits per heavy atom. The summed E-state index contributed by atoms with van der Waals surface area (Å²) >= 11 is 1.86. The smallest absolute Gasteiger partial charge is 0.0355 e. The highest BCUT2D eigenvalue weighted by atomic mass is 32.1. The second kappa shape index (κ2) is 12.5. The van der Waals surface area contributed by atoms with Crippen molar-refractivity contribution in [2.24, 2.45) is 0 Å². The molecule has 0 fully saturated rings. The molecule has 0 bridgehead atoms. The Labute approximate surface area is 296 Å². The monoisotopic (exact) mass is 654 g/mol. The van der Waals surface area contributed by atoms with Gasteiger partial charge in [-0.25, -0.2) is 0 Å². The molecular weight excluding hydrogens is 621 g/mol. The molecular formula is C49H34S. The van der Waals surface area contributed by atoms with E-state index in [2.05, 4.69) is 183 Å². The Hall–Kier alpha value is -6.02. The lowest BCUT2D eigenvalue weighted by molar-refractivity contribution is 1.51. The van der Waals surface area contributed by atoms with Crippen LogP contribution in [0.25, 0.3) is 98.4 Å². The number of hydrogen-bond donors (Lipinski definition) is 0. The molecule has 0 aliphatic heterocycles. The molecule has 0 aliphatic carbocycles. The van der Waals surface area contributed by atoms with Gasteiger partial charge >= 0.3 is 0 Å². The summed E-state index contributed by atoms with van der Waals surface area (Å²) in [4.78, 5) is 0. The Morgan fingerprint density at radius 1 is 0.440 bits per heavy atom. The Bertz CT molecular complexity index is 2860. The third-order valence-corrected chi connectivity index (χ3v) is 11.2. The first kappa shape index (κ1) is 30.1. The van der Waals surface area contributed by atoms with Gasteiger partial charge in [0.15, 0.2) is 0 Å². The normalized spacial score (nSPS) is 12.4. The fraction of sp³-hybridized carbons (Fsp3) is 0.0204. The first-order valence-corrected chi connectivity index (χ1v) is 18.0. The van der Waals surface area contributed by atoms with Crippen molar-refractivity contribution in [1.82, 2.24) is 0 Å². The molecule has 0 unspecified atom stereocenters. The number of fused-ring (bicyclic) bond motifs is 5. The van der Waals surface area contributed by atoms with Crippen molar-refractivity contribution in [2.45, 2.75) is 6.92 Å². The van der Waals surface area contributed by atoms with Crippen molar-refractivity contribution >= 4 is 65.2 Å². The van der Waals surface area contributed by atoms with Crippen LogP contribution in [0.15, 0.2) is 170 Å². The zero-order valence-electron chi connectivity index (χ0n) is 27.9. The highest BCUT2D eigenvalue weighted by molar-refractivity contribution is 7.25. The molecule has 236 valence electrons. The molecule has 1 heteroatoms. The summed E-state index contributed by atoms with van der Waals surface area (Å²) in [5.74, 6) is 0. The predicted octanol–water partition coefficient (Wildman–Crippen LogP) is 12.8. The maximum Gasteiger partial charge on any atom is 0.0355 e. The maximum absolute atomic E-state index is 4.14. The van der Waals surface area contributed by atoms with Gasteiger partial charge in [0.05, 0.1) is 0 Å². The molecule has 0 spiro atoms. The van der Waals surface area contributed by atoms with E-state index in [-0.39, 0.29) is 0 Å². The van der Waals surface area contributed by atoms with Crippen LogP contribution in [0.3, 0.4) is 0 Å². The zero-order valence-corrected chi connectivity index (χ0v) is 28.7. The van der Waals surface area contributed by atoms with Crippen LogP contribution in [0.4, 0.5) is 0 Å². The highest BCUT2D eigenvalue weighted by Gasteiger charge is 2.15. The molecule has 0 saturated heterocycles. The largest absolute Gasteiger partial charge is 0.135 e. The van der Waals surface area contributed by atoms with E-state index in [1.165, 1.54) is 96.7 Å². The number of benzene rings is 8. The van der Waals surface area contributed by atoms with Crippen molar-refractivity contribution < 1.29 is 0 Å². The second-order valence-electron chi connectivity index (χ2n) is 12.8. The summed E-state index contributed by atoms with van der Waals surface area (Å²) in [5.41, 5.74) is 9.81. The minimum atomic E-state index is 1.19. The van der Waals surface area contributed by atoms with E-state index in [4.69, 9.17) is 0 Å². The van der Waals surface area contributed by atoms with Crippen molar-refractivity contribution in [2.75, 3.05) is 0 Å². The summed E-state index contributed by atoms with van der Waals surface area (Å²) in [7, 11) is 0. The van der Waals surface area contributed by atoms with Gasteiger partial charge in [0, 0.05) is 20.2 Å². The summed E-state index contributed by atoms with van der Waals surface area (Å²) in [6.07, 6.45) is 6.35. The summed E-state index contributed by atoms with van der Waals surface area (Å²) in [6, 6.07) is 57.8. The standard InChI is InChI=1S/C49H34S/c1-3-12-42-38(4-2)48(35-25-21-32(22-26-35)37-29-30-47-45(31-37)41-16-9-10-20-46(41)50-47)43-17-7-8-18-44(43)49(42)36-27-23-34(24-28-36)40-19-11-14-33-13-5-6-15-39(33)40/h3-31H,1H2,2H3/b38-4+,42-12+. The molecule has 50 heavy (non-hydrogen) atoms. The van der Waals surface area contributed by atoms with Gasteiger partial charge < -0.3 is 0 Å². The maximum atomic E-state index is 4.14. The minimum absolute atomic E-state index is 1.19. The number of rotatable bonds is 5. The van der Waals surface area contributed by atoms with Gasteiger partial charge in [0.2, 0.25) is 0 Å². The Balaban J connectivity index is 1.18. The molecule has 0 atom stereocenters. The SMILES string of the molecule is C=C/C=c1/c(-c2ccc(-c3cccc4ccccc34)cc2)c2ccccc2c(-c2ccc(-c3ccc4sc5ccccc5c4c3)cc2)/c1=C/C. The molecule has 8 aromatic carbocycles. The average molecular weight is 655 g/mol. The third-order valence-electron chi connectivity index (χ3n) is 10.0. The van der Waals surface area contributed by atoms with Gasteiger partial charge in [0.25, 0.3) is 0 Å². The molecule has 0 amide bonds. The van der Waals surface area contributed by atoms with Gasteiger partial charge in [-0.15, -0.1) is 11.3 Å². The quantitative estimate of drug-likeness (QED) is 0.173. The lowest BCUT2D eigenvalue weighted by atomic mass is 9.87. The van der Waals surface area contributed by atoms with Crippen LogP contribution in [-0.4, -0.2) is 0 Å². The Kier molecular flexibility index (Phi) is 7.49. The summed E-state index contributed by atoms with van der Waals surface area (Å²) in [6.45, 7) is 6.29. The van der Waals surface area contributed by atoms with Crippen LogP contribution < -0.4 is 10.4 Å². The van der Waals surface area contributed by atoms with Gasteiger partial charge in [-0.05, 0) is 102 Å². The van der Waals surface area contributed by atoms with Crippen molar-refractivity contribution in [3.8, 4) is 44.5 Å². The predicted molar refractivity (Wildman–Crippen MR) is 220 cm³/mol. The van der Waals surface area contributed by atoms with Crippen LogP contribution >= 0.6 is 11.3 Å². The van der Waals surface area contributed by atoms with E-state index in [9.17, 15) is 0 Å². The molecule has 1 heterocycles.